The molecule has 0 radical (unpaired) electrons. The van der Waals surface area contributed by atoms with Crippen LogP contribution in [0.3, 0.4) is 0 Å². The third kappa shape index (κ3) is 4.10. The Labute approximate surface area is 134 Å². The number of halogens is 13. The summed E-state index contributed by atoms with van der Waals surface area (Å²) in [5.41, 5.74) is 0. The molecule has 0 heterocycles. The summed E-state index contributed by atoms with van der Waals surface area (Å²) in [6, 6.07) is 0. The summed E-state index contributed by atoms with van der Waals surface area (Å²) in [6.07, 6.45) is -10.4. The van der Waals surface area contributed by atoms with Gasteiger partial charge in [-0.2, -0.15) is 65.5 Å². The van der Waals surface area contributed by atoms with Crippen LogP contribution in [0.15, 0.2) is 0 Å². The average Bonchev–Trinajstić information content (AvgIpc) is 2.34. The predicted molar refractivity (Wildman–Crippen MR) is 52.9 cm³/mol. The first kappa shape index (κ1) is 25.0. The van der Waals surface area contributed by atoms with Gasteiger partial charge in [0, 0.05) is 6.42 Å². The highest BCUT2D eigenvalue weighted by atomic mass is 32.3. The van der Waals surface area contributed by atoms with Crippen molar-refractivity contribution in [3.05, 3.63) is 0 Å². The molecular weight excluding hydrogens is 439 g/mol. The molecule has 0 aromatic heterocycles. The summed E-state index contributed by atoms with van der Waals surface area (Å²) in [6.45, 7) is -2.24. The maximum atomic E-state index is 13.1. The molecule has 0 saturated heterocycles. The molecule has 1 N–H and O–H groups in total. The van der Waals surface area contributed by atoms with Gasteiger partial charge in [-0.1, -0.05) is 0 Å². The molecule has 0 rings (SSSR count). The van der Waals surface area contributed by atoms with Crippen LogP contribution in [0.4, 0.5) is 57.1 Å². The lowest BCUT2D eigenvalue weighted by atomic mass is 9.93. The SMILES string of the molecule is O=S(=O)(O)OCCC(F)(F)C(F)(F)C(F)(F)C(F)(F)C(F)(F)C(F)(F)F. The fourth-order valence-corrected chi connectivity index (χ4v) is 1.53. The molecule has 18 heteroatoms. The molecule has 0 aliphatic carbocycles. The van der Waals surface area contributed by atoms with E-state index in [1.807, 2.05) is 0 Å². The summed E-state index contributed by atoms with van der Waals surface area (Å²) in [5.74, 6) is -37.8. The van der Waals surface area contributed by atoms with E-state index in [4.69, 9.17) is 4.55 Å². The summed E-state index contributed by atoms with van der Waals surface area (Å²) in [5, 5.41) is 0. The lowest BCUT2D eigenvalue weighted by Crippen LogP contribution is -2.70. The molecule has 0 aromatic carbocycles. The number of rotatable bonds is 8. The van der Waals surface area contributed by atoms with E-state index in [1.54, 1.807) is 0 Å². The van der Waals surface area contributed by atoms with Gasteiger partial charge in [0.15, 0.2) is 0 Å². The lowest BCUT2D eigenvalue weighted by molar-refractivity contribution is -0.440. The third-order valence-corrected chi connectivity index (χ3v) is 3.11. The maximum Gasteiger partial charge on any atom is 0.460 e. The first-order valence-corrected chi connectivity index (χ1v) is 6.90. The largest absolute Gasteiger partial charge is 0.460 e. The minimum atomic E-state index is -8.03. The van der Waals surface area contributed by atoms with E-state index < -0.39 is 59.2 Å². The van der Waals surface area contributed by atoms with Crippen molar-refractivity contribution in [3.8, 4) is 0 Å². The second-order valence-electron chi connectivity index (χ2n) is 4.50. The lowest BCUT2D eigenvalue weighted by Gasteiger charge is -2.39. The highest BCUT2D eigenvalue weighted by molar-refractivity contribution is 7.80. The van der Waals surface area contributed by atoms with Gasteiger partial charge >= 0.3 is 46.2 Å². The monoisotopic (exact) mass is 444 g/mol. The Kier molecular flexibility index (Phi) is 6.27. The first-order chi connectivity index (χ1) is 11.0. The van der Waals surface area contributed by atoms with E-state index in [1.165, 1.54) is 0 Å². The molecule has 0 aliphatic rings. The van der Waals surface area contributed by atoms with Crippen molar-refractivity contribution < 1.29 is 74.2 Å². The molecule has 0 aliphatic heterocycles. The normalized spacial score (nSPS) is 16.1. The van der Waals surface area contributed by atoms with Gasteiger partial charge in [-0.15, -0.1) is 0 Å². The zero-order valence-corrected chi connectivity index (χ0v) is 12.2. The van der Waals surface area contributed by atoms with Gasteiger partial charge in [0.05, 0.1) is 6.61 Å². The Bertz CT molecular complexity index is 608. The third-order valence-electron chi connectivity index (χ3n) is 2.65. The predicted octanol–water partition coefficient (Wildman–Crippen LogP) is 3.93. The summed E-state index contributed by atoms with van der Waals surface area (Å²) >= 11 is 0. The average molecular weight is 444 g/mol. The van der Waals surface area contributed by atoms with Gasteiger partial charge in [0.1, 0.15) is 0 Å². The smallest absolute Gasteiger partial charge is 0.264 e. The molecule has 0 aromatic rings. The minimum Gasteiger partial charge on any atom is -0.264 e. The van der Waals surface area contributed by atoms with Crippen LogP contribution in [0.5, 0.6) is 0 Å². The Morgan fingerprint density at radius 2 is 1.00 bits per heavy atom. The van der Waals surface area contributed by atoms with Gasteiger partial charge in [0.25, 0.3) is 0 Å². The summed E-state index contributed by atoms with van der Waals surface area (Å²) < 4.78 is 195. The molecule has 0 fully saturated rings. The number of alkyl halides is 13. The van der Waals surface area contributed by atoms with E-state index in [0.717, 1.165) is 0 Å². The van der Waals surface area contributed by atoms with Crippen molar-refractivity contribution in [1.82, 2.24) is 0 Å². The maximum absolute atomic E-state index is 13.1. The van der Waals surface area contributed by atoms with Crippen LogP contribution in [0.1, 0.15) is 6.42 Å². The molecule has 0 atom stereocenters. The summed E-state index contributed by atoms with van der Waals surface area (Å²) in [4.78, 5) is 0. The van der Waals surface area contributed by atoms with Gasteiger partial charge in [-0.05, 0) is 0 Å². The van der Waals surface area contributed by atoms with E-state index in [0.29, 0.717) is 0 Å². The van der Waals surface area contributed by atoms with E-state index in [9.17, 15) is 65.5 Å². The Hall–Kier alpha value is -1.04. The molecule has 0 spiro atoms. The van der Waals surface area contributed by atoms with Crippen molar-refractivity contribution in [3.63, 3.8) is 0 Å². The Balaban J connectivity index is 5.92. The van der Waals surface area contributed by atoms with Crippen molar-refractivity contribution in [1.29, 1.82) is 0 Å². The first-order valence-electron chi connectivity index (χ1n) is 5.53. The highest BCUT2D eigenvalue weighted by Gasteiger charge is 2.90. The van der Waals surface area contributed by atoms with Crippen LogP contribution in [0, 0.1) is 0 Å². The van der Waals surface area contributed by atoms with E-state index >= 15 is 0 Å². The second-order valence-corrected chi connectivity index (χ2v) is 5.59. The van der Waals surface area contributed by atoms with Gasteiger partial charge in [-0.3, -0.25) is 4.55 Å². The molecular formula is C8H5F13O4S. The van der Waals surface area contributed by atoms with Crippen LogP contribution >= 0.6 is 0 Å². The quantitative estimate of drug-likeness (QED) is 0.455. The molecule has 26 heavy (non-hydrogen) atoms. The van der Waals surface area contributed by atoms with Gasteiger partial charge in [-0.25, -0.2) is 4.18 Å². The molecule has 0 amide bonds. The van der Waals surface area contributed by atoms with Gasteiger partial charge in [0.2, 0.25) is 0 Å². The molecule has 158 valence electrons. The van der Waals surface area contributed by atoms with Crippen LogP contribution in [0.25, 0.3) is 0 Å². The fraction of sp³-hybridized carbons (Fsp3) is 1.00. The second kappa shape index (κ2) is 6.54. The molecule has 0 bridgehead atoms. The van der Waals surface area contributed by atoms with Crippen LogP contribution < -0.4 is 0 Å². The molecule has 4 nitrogen and oxygen atoms in total. The number of hydrogen-bond acceptors (Lipinski definition) is 3. The van der Waals surface area contributed by atoms with E-state index in [-0.39, 0.29) is 0 Å². The van der Waals surface area contributed by atoms with Crippen molar-refractivity contribution in [2.24, 2.45) is 0 Å². The van der Waals surface area contributed by atoms with Crippen molar-refractivity contribution in [2.45, 2.75) is 42.2 Å². The highest BCUT2D eigenvalue weighted by Crippen LogP contribution is 2.60. The van der Waals surface area contributed by atoms with Gasteiger partial charge < -0.3 is 0 Å². The van der Waals surface area contributed by atoms with Crippen molar-refractivity contribution in [2.75, 3.05) is 6.61 Å². The molecule has 0 saturated carbocycles. The fourth-order valence-electron chi connectivity index (χ4n) is 1.23. The zero-order chi connectivity index (χ0) is 21.6. The minimum absolute atomic E-state index is 2.24. The topological polar surface area (TPSA) is 63.6 Å². The summed E-state index contributed by atoms with van der Waals surface area (Å²) in [7, 11) is -5.58. The number of hydrogen-bond donors (Lipinski definition) is 1. The Morgan fingerprint density at radius 3 is 1.31 bits per heavy atom. The van der Waals surface area contributed by atoms with Crippen LogP contribution in [-0.2, 0) is 14.6 Å². The Morgan fingerprint density at radius 1 is 0.654 bits per heavy atom. The zero-order valence-electron chi connectivity index (χ0n) is 11.4. The van der Waals surface area contributed by atoms with Crippen LogP contribution in [0.2, 0.25) is 0 Å². The van der Waals surface area contributed by atoms with E-state index in [2.05, 4.69) is 4.18 Å². The molecule has 0 unspecified atom stereocenters. The van der Waals surface area contributed by atoms with Crippen molar-refractivity contribution >= 4 is 10.4 Å². The van der Waals surface area contributed by atoms with Crippen LogP contribution in [-0.4, -0.2) is 55.4 Å². The standard InChI is InChI=1S/C8H5F13O4S/c9-3(10,1-2-25-26(22,23)24)4(11,12)5(13,14)6(15,16)7(17,18)8(19,20)21/h1-2H2,(H,22,23,24).